The van der Waals surface area contributed by atoms with Gasteiger partial charge in [0.05, 0.1) is 20.0 Å². The van der Waals surface area contributed by atoms with E-state index in [0.29, 0.717) is 19.3 Å². The Bertz CT molecular complexity index is 478. The van der Waals surface area contributed by atoms with E-state index in [9.17, 15) is 14.4 Å². The minimum Gasteiger partial charge on any atom is -0.307 e. The molecule has 0 aliphatic carbocycles. The Morgan fingerprint density at radius 3 is 0.852 bits per heavy atom. The smallest absolute Gasteiger partial charge is 0.225 e. The predicted octanol–water partition coefficient (Wildman–Crippen LogP) is 3.67. The topological polar surface area (TPSA) is 60.9 Å². The summed E-state index contributed by atoms with van der Waals surface area (Å²) in [6.07, 6.45) is 1.15. The lowest BCUT2D eigenvalue weighted by molar-refractivity contribution is -0.160. The molecule has 27 heavy (non-hydrogen) atoms. The molecule has 3 amide bonds. The van der Waals surface area contributed by atoms with Gasteiger partial charge in [0.25, 0.3) is 0 Å². The van der Waals surface area contributed by atoms with Gasteiger partial charge < -0.3 is 14.7 Å². The van der Waals surface area contributed by atoms with Gasteiger partial charge in [-0.15, -0.1) is 0 Å². The third-order valence-electron chi connectivity index (χ3n) is 4.13. The van der Waals surface area contributed by atoms with Crippen molar-refractivity contribution >= 4 is 17.7 Å². The van der Waals surface area contributed by atoms with Crippen LogP contribution in [-0.4, -0.2) is 52.4 Å². The van der Waals surface area contributed by atoms with Crippen molar-refractivity contribution < 1.29 is 14.4 Å². The van der Waals surface area contributed by atoms with E-state index < -0.39 is 0 Å². The van der Waals surface area contributed by atoms with Crippen molar-refractivity contribution in [2.75, 3.05) is 20.0 Å². The molecule has 1 fully saturated rings. The van der Waals surface area contributed by atoms with Crippen molar-refractivity contribution in [1.29, 1.82) is 0 Å². The Morgan fingerprint density at radius 1 is 0.519 bits per heavy atom. The van der Waals surface area contributed by atoms with Gasteiger partial charge in [-0.1, -0.05) is 62.3 Å². The normalized spacial score (nSPS) is 16.6. The van der Waals surface area contributed by atoms with Crippen LogP contribution in [0.5, 0.6) is 0 Å². The maximum absolute atomic E-state index is 12.8. The van der Waals surface area contributed by atoms with E-state index >= 15 is 0 Å². The van der Waals surface area contributed by atoms with E-state index in [2.05, 4.69) is 0 Å². The molecule has 0 atom stereocenters. The summed E-state index contributed by atoms with van der Waals surface area (Å²) in [6.45, 7) is 18.9. The van der Waals surface area contributed by atoms with Gasteiger partial charge in [-0.2, -0.15) is 0 Å². The molecule has 1 rings (SSSR count). The average molecular weight is 382 g/mol. The molecule has 0 aromatic carbocycles. The van der Waals surface area contributed by atoms with Gasteiger partial charge in [-0.05, 0) is 16.2 Å². The van der Waals surface area contributed by atoms with Crippen LogP contribution >= 0.6 is 0 Å². The quantitative estimate of drug-likeness (QED) is 0.749. The van der Waals surface area contributed by atoms with Crippen LogP contribution in [0.3, 0.4) is 0 Å². The molecule has 1 aliphatic heterocycles. The van der Waals surface area contributed by atoms with Gasteiger partial charge >= 0.3 is 0 Å². The van der Waals surface area contributed by atoms with E-state index in [1.54, 1.807) is 14.7 Å². The molecule has 0 aromatic rings. The average Bonchev–Trinajstić information content (AvgIpc) is 2.41. The summed E-state index contributed by atoms with van der Waals surface area (Å²) in [5.74, 6) is -0.0713. The second-order valence-electron chi connectivity index (χ2n) is 11.4. The van der Waals surface area contributed by atoms with Crippen molar-refractivity contribution in [2.45, 2.75) is 81.6 Å². The van der Waals surface area contributed by atoms with Crippen LogP contribution in [-0.2, 0) is 14.4 Å². The predicted molar refractivity (Wildman–Crippen MR) is 107 cm³/mol. The van der Waals surface area contributed by atoms with Crippen LogP contribution in [0.2, 0.25) is 0 Å². The van der Waals surface area contributed by atoms with Gasteiger partial charge in [0.1, 0.15) is 0 Å². The fourth-order valence-electron chi connectivity index (χ4n) is 2.92. The van der Waals surface area contributed by atoms with Crippen molar-refractivity contribution in [1.82, 2.24) is 14.7 Å². The zero-order valence-electron chi connectivity index (χ0n) is 18.8. The summed E-state index contributed by atoms with van der Waals surface area (Å²) in [5.41, 5.74) is -0.431. The molecule has 1 saturated heterocycles. The van der Waals surface area contributed by atoms with Crippen molar-refractivity contribution in [3.05, 3.63) is 0 Å². The minimum absolute atomic E-state index is 0.0238. The Kier molecular flexibility index (Phi) is 7.11. The molecule has 0 aromatic heterocycles. The second kappa shape index (κ2) is 8.19. The first-order valence-corrected chi connectivity index (χ1v) is 9.80. The minimum atomic E-state index is -0.144. The first-order chi connectivity index (χ1) is 12.0. The van der Waals surface area contributed by atoms with Crippen LogP contribution in [0, 0.1) is 16.2 Å². The number of hydrogen-bond donors (Lipinski definition) is 0. The lowest BCUT2D eigenvalue weighted by atomic mass is 9.91. The molecule has 0 saturated carbocycles. The first kappa shape index (κ1) is 23.4. The maximum atomic E-state index is 12.8. The monoisotopic (exact) mass is 381 g/mol. The van der Waals surface area contributed by atoms with Crippen molar-refractivity contribution in [3.63, 3.8) is 0 Å². The molecule has 1 heterocycles. The number of nitrogens with zero attached hydrogens (tertiary/aromatic N) is 3. The SMILES string of the molecule is CC(C)(C)CC(=O)N1CN(C(=O)CC(C)(C)C)CN(C(=O)CC(C)(C)C)C1. The van der Waals surface area contributed by atoms with Crippen molar-refractivity contribution in [2.24, 2.45) is 16.2 Å². The standard InChI is InChI=1S/C21H39N3O3/c1-19(2,3)10-16(25)22-13-23(17(26)11-20(4,5)6)15-24(14-22)18(27)12-21(7,8)9/h10-15H2,1-9H3. The zero-order chi connectivity index (χ0) is 21.2. The number of carbonyl (C=O) groups excluding carboxylic acids is 3. The lowest BCUT2D eigenvalue weighted by Crippen LogP contribution is -2.60. The Labute approximate surface area is 165 Å². The fraction of sp³-hybridized carbons (Fsp3) is 0.857. The Balaban J connectivity index is 2.99. The molecule has 0 unspecified atom stereocenters. The zero-order valence-corrected chi connectivity index (χ0v) is 18.8. The molecule has 0 bridgehead atoms. The van der Waals surface area contributed by atoms with Gasteiger partial charge in [0.2, 0.25) is 17.7 Å². The summed E-state index contributed by atoms with van der Waals surface area (Å²) >= 11 is 0. The highest BCUT2D eigenvalue weighted by Gasteiger charge is 2.35. The first-order valence-electron chi connectivity index (χ1n) is 9.80. The second-order valence-corrected chi connectivity index (χ2v) is 11.4. The van der Waals surface area contributed by atoms with Crippen LogP contribution in [0.1, 0.15) is 81.6 Å². The molecule has 6 heteroatoms. The van der Waals surface area contributed by atoms with Crippen LogP contribution in [0.15, 0.2) is 0 Å². The summed E-state index contributed by atoms with van der Waals surface area (Å²) in [6, 6.07) is 0. The van der Waals surface area contributed by atoms with Gasteiger partial charge in [-0.3, -0.25) is 14.4 Å². The van der Waals surface area contributed by atoms with E-state index in [-0.39, 0.29) is 54.0 Å². The molecule has 1 aliphatic rings. The van der Waals surface area contributed by atoms with Gasteiger partial charge in [0, 0.05) is 19.3 Å². The number of hydrogen-bond acceptors (Lipinski definition) is 3. The van der Waals surface area contributed by atoms with E-state index in [1.165, 1.54) is 0 Å². The number of carbonyl (C=O) groups is 3. The molecule has 0 radical (unpaired) electrons. The largest absolute Gasteiger partial charge is 0.307 e. The molecular formula is C21H39N3O3. The summed E-state index contributed by atoms with van der Waals surface area (Å²) < 4.78 is 0. The third kappa shape index (κ3) is 8.76. The molecule has 6 nitrogen and oxygen atoms in total. The highest BCUT2D eigenvalue weighted by Crippen LogP contribution is 2.25. The molecular weight excluding hydrogens is 342 g/mol. The van der Waals surface area contributed by atoms with Crippen LogP contribution in [0.25, 0.3) is 0 Å². The lowest BCUT2D eigenvalue weighted by Gasteiger charge is -2.44. The Morgan fingerprint density at radius 2 is 0.704 bits per heavy atom. The van der Waals surface area contributed by atoms with E-state index in [0.717, 1.165) is 0 Å². The highest BCUT2D eigenvalue weighted by molar-refractivity contribution is 5.82. The summed E-state index contributed by atoms with van der Waals surface area (Å²) in [5, 5.41) is 0. The van der Waals surface area contributed by atoms with E-state index in [4.69, 9.17) is 0 Å². The molecule has 0 spiro atoms. The van der Waals surface area contributed by atoms with Gasteiger partial charge in [0.15, 0.2) is 0 Å². The number of rotatable bonds is 3. The van der Waals surface area contributed by atoms with E-state index in [1.807, 2.05) is 62.3 Å². The van der Waals surface area contributed by atoms with Crippen LogP contribution < -0.4 is 0 Å². The maximum Gasteiger partial charge on any atom is 0.225 e. The van der Waals surface area contributed by atoms with Gasteiger partial charge in [-0.25, -0.2) is 0 Å². The number of amides is 3. The third-order valence-corrected chi connectivity index (χ3v) is 4.13. The van der Waals surface area contributed by atoms with Crippen molar-refractivity contribution in [3.8, 4) is 0 Å². The molecule has 156 valence electrons. The Hall–Kier alpha value is -1.59. The summed E-state index contributed by atoms with van der Waals surface area (Å²) in [7, 11) is 0. The summed E-state index contributed by atoms with van der Waals surface area (Å²) in [4.78, 5) is 43.2. The highest BCUT2D eigenvalue weighted by atomic mass is 16.2. The van der Waals surface area contributed by atoms with Crippen LogP contribution in [0.4, 0.5) is 0 Å². The fourth-order valence-corrected chi connectivity index (χ4v) is 2.92. The molecule has 0 N–H and O–H groups in total.